The molecule has 0 bridgehead atoms. The number of methoxy groups -OCH3 is 1. The molecule has 1 aliphatic heterocycles. The molecule has 1 saturated carbocycles. The standard InChI is InChI=1S/C16H23N3O3S/c1-10-5-4-6-12(11(10)2)18-8-17-16-19(9-18)15(21)13(23-16)7-14(20)22-3/h7,10-12H,4-6,8-9H2,1-3H3/p+1/b13-7+/t10-,11-,12-/m1/s1. The molecule has 126 valence electrons. The minimum absolute atomic E-state index is 0.132. The number of aromatic nitrogens is 1. The van der Waals surface area contributed by atoms with Crippen LogP contribution in [0.1, 0.15) is 33.1 Å². The third-order valence-corrected chi connectivity index (χ3v) is 6.39. The van der Waals surface area contributed by atoms with Crippen molar-refractivity contribution in [2.45, 2.75) is 45.8 Å². The Labute approximate surface area is 139 Å². The summed E-state index contributed by atoms with van der Waals surface area (Å²) in [6.07, 6.45) is 5.01. The lowest BCUT2D eigenvalue weighted by molar-refractivity contribution is -0.954. The molecule has 0 aromatic carbocycles. The number of nitrogens with one attached hydrogen (secondary N) is 1. The lowest BCUT2D eigenvalue weighted by Crippen LogP contribution is -3.17. The fourth-order valence-corrected chi connectivity index (χ4v) is 4.68. The van der Waals surface area contributed by atoms with Gasteiger partial charge in [0, 0.05) is 12.0 Å². The Bertz CT molecular complexity index is 767. The summed E-state index contributed by atoms with van der Waals surface area (Å²) in [6.45, 7) is 6.00. The minimum Gasteiger partial charge on any atom is -0.466 e. The summed E-state index contributed by atoms with van der Waals surface area (Å²) in [5, 5.41) is 0. The van der Waals surface area contributed by atoms with Crippen LogP contribution in [0.5, 0.6) is 0 Å². The lowest BCUT2D eigenvalue weighted by atomic mass is 9.77. The molecule has 0 spiro atoms. The van der Waals surface area contributed by atoms with Crippen molar-refractivity contribution in [3.8, 4) is 0 Å². The fraction of sp³-hybridized carbons (Fsp3) is 0.688. The molecule has 2 heterocycles. The van der Waals surface area contributed by atoms with Crippen molar-refractivity contribution in [3.63, 3.8) is 0 Å². The summed E-state index contributed by atoms with van der Waals surface area (Å²) in [5.41, 5.74) is -0.132. The SMILES string of the molecule is COC(=O)/C=c1/sc2n(c1=O)C[NH+]([C@@H]1CCC[C@@H](C)[C@H]1C)CN=2. The molecule has 1 unspecified atom stereocenters. The van der Waals surface area contributed by atoms with Crippen LogP contribution in [0.4, 0.5) is 0 Å². The second kappa shape index (κ2) is 6.57. The maximum Gasteiger partial charge on any atom is 0.332 e. The summed E-state index contributed by atoms with van der Waals surface area (Å²) in [7, 11) is 1.31. The van der Waals surface area contributed by atoms with Gasteiger partial charge in [-0.3, -0.25) is 9.69 Å². The Hall–Kier alpha value is -1.47. The first-order valence-electron chi connectivity index (χ1n) is 8.19. The fourth-order valence-electron chi connectivity index (χ4n) is 3.75. The van der Waals surface area contributed by atoms with E-state index >= 15 is 0 Å². The van der Waals surface area contributed by atoms with Gasteiger partial charge in [0.2, 0.25) is 0 Å². The van der Waals surface area contributed by atoms with E-state index in [1.54, 1.807) is 4.57 Å². The highest BCUT2D eigenvalue weighted by molar-refractivity contribution is 7.07. The van der Waals surface area contributed by atoms with E-state index in [-0.39, 0.29) is 5.56 Å². The number of thiazole rings is 1. The van der Waals surface area contributed by atoms with Crippen LogP contribution in [0.25, 0.3) is 6.08 Å². The molecule has 6 nitrogen and oxygen atoms in total. The predicted molar refractivity (Wildman–Crippen MR) is 87.6 cm³/mol. The largest absolute Gasteiger partial charge is 0.466 e. The van der Waals surface area contributed by atoms with Gasteiger partial charge in [-0.2, -0.15) is 0 Å². The first kappa shape index (κ1) is 16.4. The van der Waals surface area contributed by atoms with E-state index in [0.717, 1.165) is 5.92 Å². The third kappa shape index (κ3) is 3.12. The minimum atomic E-state index is -0.500. The third-order valence-electron chi connectivity index (χ3n) is 5.35. The van der Waals surface area contributed by atoms with Crippen molar-refractivity contribution < 1.29 is 14.4 Å². The van der Waals surface area contributed by atoms with E-state index in [0.29, 0.717) is 34.6 Å². The number of fused-ring (bicyclic) bond motifs is 1. The monoisotopic (exact) mass is 338 g/mol. The Balaban J connectivity index is 1.88. The number of ether oxygens (including phenoxy) is 1. The summed E-state index contributed by atoms with van der Waals surface area (Å²) >= 11 is 1.27. The van der Waals surface area contributed by atoms with Crippen LogP contribution in [0.2, 0.25) is 0 Å². The number of carbonyl (C=O) groups excluding carboxylic acids is 1. The van der Waals surface area contributed by atoms with E-state index in [4.69, 9.17) is 0 Å². The van der Waals surface area contributed by atoms with Gasteiger partial charge in [0.25, 0.3) is 5.56 Å². The molecular formula is C16H24N3O3S+. The summed E-state index contributed by atoms with van der Waals surface area (Å²) in [4.78, 5) is 30.6. The molecule has 0 amide bonds. The Kier molecular flexibility index (Phi) is 4.68. The van der Waals surface area contributed by atoms with Crippen LogP contribution in [0, 0.1) is 11.8 Å². The van der Waals surface area contributed by atoms with Crippen molar-refractivity contribution in [2.24, 2.45) is 16.8 Å². The average molecular weight is 338 g/mol. The van der Waals surface area contributed by atoms with Crippen LogP contribution in [-0.4, -0.2) is 30.4 Å². The van der Waals surface area contributed by atoms with Gasteiger partial charge in [-0.15, -0.1) is 0 Å². The number of esters is 1. The topological polar surface area (TPSA) is 65.1 Å². The van der Waals surface area contributed by atoms with Crippen molar-refractivity contribution in [1.82, 2.24) is 4.57 Å². The molecule has 1 N–H and O–H groups in total. The number of rotatable bonds is 2. The molecule has 1 fully saturated rings. The zero-order chi connectivity index (χ0) is 16.6. The van der Waals surface area contributed by atoms with Crippen LogP contribution >= 0.6 is 11.3 Å². The molecule has 23 heavy (non-hydrogen) atoms. The Morgan fingerprint density at radius 1 is 1.43 bits per heavy atom. The summed E-state index contributed by atoms with van der Waals surface area (Å²) < 4.78 is 6.73. The maximum absolute atomic E-state index is 12.5. The number of hydrogen-bond acceptors (Lipinski definition) is 5. The molecule has 1 aromatic heterocycles. The molecule has 0 radical (unpaired) electrons. The number of hydrogen-bond donors (Lipinski definition) is 1. The summed E-state index contributed by atoms with van der Waals surface area (Å²) in [6, 6.07) is 0.551. The van der Waals surface area contributed by atoms with Gasteiger partial charge in [0.1, 0.15) is 4.53 Å². The maximum atomic E-state index is 12.5. The molecule has 0 saturated heterocycles. The van der Waals surface area contributed by atoms with Gasteiger partial charge in [0.05, 0.1) is 13.2 Å². The van der Waals surface area contributed by atoms with Crippen LogP contribution in [0.15, 0.2) is 9.79 Å². The molecule has 4 atom stereocenters. The van der Waals surface area contributed by atoms with Crippen molar-refractivity contribution in [1.29, 1.82) is 0 Å². The second-order valence-corrected chi connectivity index (χ2v) is 7.67. The lowest BCUT2D eigenvalue weighted by Gasteiger charge is -2.38. The van der Waals surface area contributed by atoms with E-state index in [9.17, 15) is 9.59 Å². The number of quaternary nitrogens is 1. The van der Waals surface area contributed by atoms with Gasteiger partial charge < -0.3 is 4.74 Å². The highest BCUT2D eigenvalue weighted by Gasteiger charge is 2.36. The quantitative estimate of drug-likeness (QED) is 0.713. The second-order valence-electron chi connectivity index (χ2n) is 6.66. The molecule has 7 heteroatoms. The van der Waals surface area contributed by atoms with Gasteiger partial charge in [-0.25, -0.2) is 14.4 Å². The Morgan fingerprint density at radius 2 is 2.22 bits per heavy atom. The van der Waals surface area contributed by atoms with Gasteiger partial charge in [-0.1, -0.05) is 25.2 Å². The van der Waals surface area contributed by atoms with Gasteiger partial charge >= 0.3 is 5.97 Å². The van der Waals surface area contributed by atoms with E-state index in [1.807, 2.05) is 0 Å². The van der Waals surface area contributed by atoms with Crippen molar-refractivity contribution in [2.75, 3.05) is 13.8 Å². The molecular weight excluding hydrogens is 314 g/mol. The van der Waals surface area contributed by atoms with Crippen LogP contribution in [0.3, 0.4) is 0 Å². The van der Waals surface area contributed by atoms with Crippen LogP contribution < -0.4 is 19.8 Å². The zero-order valence-electron chi connectivity index (χ0n) is 13.9. The summed E-state index contributed by atoms with van der Waals surface area (Å²) in [5.74, 6) is 0.872. The van der Waals surface area contributed by atoms with Gasteiger partial charge in [-0.05, 0) is 25.2 Å². The Morgan fingerprint density at radius 3 is 2.96 bits per heavy atom. The molecule has 3 rings (SSSR count). The smallest absolute Gasteiger partial charge is 0.332 e. The normalized spacial score (nSPS) is 31.3. The van der Waals surface area contributed by atoms with Gasteiger partial charge in [0.15, 0.2) is 18.1 Å². The van der Waals surface area contributed by atoms with E-state index < -0.39 is 5.97 Å². The molecule has 2 aliphatic rings. The zero-order valence-corrected chi connectivity index (χ0v) is 14.7. The highest BCUT2D eigenvalue weighted by atomic mass is 32.1. The highest BCUT2D eigenvalue weighted by Crippen LogP contribution is 2.28. The average Bonchev–Trinajstić information content (AvgIpc) is 2.85. The molecule has 1 aromatic rings. The molecule has 1 aliphatic carbocycles. The van der Waals surface area contributed by atoms with Crippen LogP contribution in [-0.2, 0) is 16.2 Å². The van der Waals surface area contributed by atoms with E-state index in [1.165, 1.54) is 48.7 Å². The number of nitrogens with zero attached hydrogens (tertiary/aromatic N) is 2. The van der Waals surface area contributed by atoms with E-state index in [2.05, 4.69) is 23.6 Å². The predicted octanol–water partition coefficient (Wildman–Crippen LogP) is -0.879. The number of carbonyl (C=O) groups is 1. The first-order valence-corrected chi connectivity index (χ1v) is 9.01. The van der Waals surface area contributed by atoms with Crippen molar-refractivity contribution in [3.05, 3.63) is 19.7 Å². The first-order chi connectivity index (χ1) is 11.0. The van der Waals surface area contributed by atoms with Crippen molar-refractivity contribution >= 4 is 23.4 Å².